The van der Waals surface area contributed by atoms with Gasteiger partial charge in [0.05, 0.1) is 24.1 Å². The maximum absolute atomic E-state index is 13.8. The molecule has 1 aliphatic heterocycles. The average molecular weight is 303 g/mol. The third-order valence-corrected chi connectivity index (χ3v) is 3.91. The number of halogens is 1. The average Bonchev–Trinajstić information content (AvgIpc) is 3.15. The van der Waals surface area contributed by atoms with Crippen LogP contribution in [0.4, 0.5) is 4.39 Å². The highest BCUT2D eigenvalue weighted by Crippen LogP contribution is 2.17. The number of ether oxygens (including phenoxy) is 1. The molecule has 2 heterocycles. The Morgan fingerprint density at radius 1 is 1.50 bits per heavy atom. The van der Waals surface area contributed by atoms with Gasteiger partial charge in [-0.3, -0.25) is 4.79 Å². The van der Waals surface area contributed by atoms with Crippen molar-refractivity contribution in [2.24, 2.45) is 5.92 Å². The van der Waals surface area contributed by atoms with E-state index >= 15 is 0 Å². The van der Waals surface area contributed by atoms with Crippen LogP contribution in [0.5, 0.6) is 0 Å². The van der Waals surface area contributed by atoms with Gasteiger partial charge in [-0.25, -0.2) is 9.07 Å². The maximum Gasteiger partial charge on any atom is 0.254 e. The van der Waals surface area contributed by atoms with Gasteiger partial charge < -0.3 is 10.1 Å². The fourth-order valence-corrected chi connectivity index (χ4v) is 2.58. The van der Waals surface area contributed by atoms with E-state index in [-0.39, 0.29) is 11.7 Å². The summed E-state index contributed by atoms with van der Waals surface area (Å²) in [5, 5.41) is 7.03. The van der Waals surface area contributed by atoms with E-state index in [4.69, 9.17) is 4.74 Å². The van der Waals surface area contributed by atoms with Crippen molar-refractivity contribution in [2.45, 2.75) is 13.3 Å². The number of carbonyl (C=O) groups is 1. The lowest BCUT2D eigenvalue weighted by Gasteiger charge is -2.10. The standard InChI is InChI=1S/C16H18FN3O2/c1-11-13(16(21)18-8-12-6-7-22-10-12)9-19-20(11)15-5-3-2-4-14(15)17/h2-5,9,12H,6-8,10H2,1H3,(H,18,21)/t12-/m1/s1. The Bertz CT molecular complexity index is 678. The van der Waals surface area contributed by atoms with Gasteiger partial charge in [0.1, 0.15) is 11.5 Å². The largest absolute Gasteiger partial charge is 0.381 e. The molecule has 1 aliphatic rings. The van der Waals surface area contributed by atoms with Crippen LogP contribution in [0.25, 0.3) is 5.69 Å². The predicted octanol–water partition coefficient (Wildman–Crippen LogP) is 2.09. The molecular formula is C16H18FN3O2. The van der Waals surface area contributed by atoms with E-state index < -0.39 is 0 Å². The Balaban J connectivity index is 1.75. The Morgan fingerprint density at radius 3 is 3.05 bits per heavy atom. The molecule has 2 aromatic rings. The topological polar surface area (TPSA) is 56.1 Å². The third-order valence-electron chi connectivity index (χ3n) is 3.91. The smallest absolute Gasteiger partial charge is 0.254 e. The van der Waals surface area contributed by atoms with Gasteiger partial charge in [-0.2, -0.15) is 5.10 Å². The van der Waals surface area contributed by atoms with E-state index in [1.54, 1.807) is 25.1 Å². The number of hydrogen-bond donors (Lipinski definition) is 1. The number of aromatic nitrogens is 2. The molecule has 1 aromatic heterocycles. The second kappa shape index (κ2) is 6.27. The minimum absolute atomic E-state index is 0.188. The summed E-state index contributed by atoms with van der Waals surface area (Å²) in [5.41, 5.74) is 1.41. The molecule has 1 fully saturated rings. The first kappa shape index (κ1) is 14.7. The van der Waals surface area contributed by atoms with Gasteiger partial charge in [-0.1, -0.05) is 12.1 Å². The molecule has 1 atom stereocenters. The molecule has 0 bridgehead atoms. The molecule has 1 saturated heterocycles. The summed E-state index contributed by atoms with van der Waals surface area (Å²) >= 11 is 0. The predicted molar refractivity (Wildman–Crippen MR) is 79.5 cm³/mol. The number of benzene rings is 1. The second-order valence-corrected chi connectivity index (χ2v) is 5.45. The molecule has 0 saturated carbocycles. The normalized spacial score (nSPS) is 17.6. The lowest BCUT2D eigenvalue weighted by molar-refractivity contribution is 0.0944. The van der Waals surface area contributed by atoms with Crippen molar-refractivity contribution in [1.29, 1.82) is 0 Å². The summed E-state index contributed by atoms with van der Waals surface area (Å²) in [6.07, 6.45) is 2.44. The van der Waals surface area contributed by atoms with Gasteiger partial charge >= 0.3 is 0 Å². The van der Waals surface area contributed by atoms with Crippen molar-refractivity contribution in [2.75, 3.05) is 19.8 Å². The van der Waals surface area contributed by atoms with E-state index in [1.165, 1.54) is 16.9 Å². The highest BCUT2D eigenvalue weighted by Gasteiger charge is 2.20. The van der Waals surface area contributed by atoms with Crippen molar-refractivity contribution in [3.63, 3.8) is 0 Å². The summed E-state index contributed by atoms with van der Waals surface area (Å²) in [5.74, 6) is -0.193. The molecule has 1 amide bonds. The minimum Gasteiger partial charge on any atom is -0.381 e. The molecule has 0 aliphatic carbocycles. The number of amides is 1. The molecule has 5 nitrogen and oxygen atoms in total. The summed E-state index contributed by atoms with van der Waals surface area (Å²) in [6.45, 7) is 3.79. The number of carbonyl (C=O) groups excluding carboxylic acids is 1. The molecule has 1 aromatic carbocycles. The van der Waals surface area contributed by atoms with Crippen molar-refractivity contribution >= 4 is 5.91 Å². The van der Waals surface area contributed by atoms with E-state index in [1.807, 2.05) is 0 Å². The van der Waals surface area contributed by atoms with E-state index in [2.05, 4.69) is 10.4 Å². The van der Waals surface area contributed by atoms with E-state index in [0.29, 0.717) is 36.0 Å². The van der Waals surface area contributed by atoms with Crippen molar-refractivity contribution in [3.05, 3.63) is 47.5 Å². The molecule has 116 valence electrons. The first-order valence-electron chi connectivity index (χ1n) is 7.32. The number of rotatable bonds is 4. The summed E-state index contributed by atoms with van der Waals surface area (Å²) in [7, 11) is 0. The molecular weight excluding hydrogens is 285 g/mol. The zero-order valence-electron chi connectivity index (χ0n) is 12.4. The summed E-state index contributed by atoms with van der Waals surface area (Å²) in [4.78, 5) is 12.3. The van der Waals surface area contributed by atoms with Crippen LogP contribution in [-0.4, -0.2) is 35.4 Å². The van der Waals surface area contributed by atoms with Crippen LogP contribution < -0.4 is 5.32 Å². The lowest BCUT2D eigenvalue weighted by atomic mass is 10.1. The fraction of sp³-hybridized carbons (Fsp3) is 0.375. The monoisotopic (exact) mass is 303 g/mol. The highest BCUT2D eigenvalue weighted by molar-refractivity contribution is 5.95. The molecule has 1 N–H and O–H groups in total. The second-order valence-electron chi connectivity index (χ2n) is 5.45. The van der Waals surface area contributed by atoms with Crippen LogP contribution in [0, 0.1) is 18.7 Å². The van der Waals surface area contributed by atoms with Crippen molar-refractivity contribution in [3.8, 4) is 5.69 Å². The van der Waals surface area contributed by atoms with Crippen LogP contribution in [0.3, 0.4) is 0 Å². The SMILES string of the molecule is Cc1c(C(=O)NC[C@H]2CCOC2)cnn1-c1ccccc1F. The molecule has 0 radical (unpaired) electrons. The molecule has 0 unspecified atom stereocenters. The van der Waals surface area contributed by atoms with Gasteiger partial charge in [0.25, 0.3) is 5.91 Å². The summed E-state index contributed by atoms with van der Waals surface area (Å²) < 4.78 is 20.6. The lowest BCUT2D eigenvalue weighted by Crippen LogP contribution is -2.29. The molecule has 3 rings (SSSR count). The quantitative estimate of drug-likeness (QED) is 0.941. The van der Waals surface area contributed by atoms with E-state index in [9.17, 15) is 9.18 Å². The Morgan fingerprint density at radius 2 is 2.32 bits per heavy atom. The Kier molecular flexibility index (Phi) is 4.20. The zero-order chi connectivity index (χ0) is 15.5. The van der Waals surface area contributed by atoms with Crippen LogP contribution in [0.1, 0.15) is 22.5 Å². The third kappa shape index (κ3) is 2.87. The van der Waals surface area contributed by atoms with Gasteiger partial charge in [0.2, 0.25) is 0 Å². The Labute approximate surface area is 128 Å². The van der Waals surface area contributed by atoms with Crippen molar-refractivity contribution < 1.29 is 13.9 Å². The fourth-order valence-electron chi connectivity index (χ4n) is 2.58. The van der Waals surface area contributed by atoms with Gasteiger partial charge in [0, 0.05) is 19.1 Å². The van der Waals surface area contributed by atoms with Gasteiger partial charge in [-0.05, 0) is 25.5 Å². The summed E-state index contributed by atoms with van der Waals surface area (Å²) in [6, 6.07) is 6.36. The first-order chi connectivity index (χ1) is 10.7. The minimum atomic E-state index is -0.372. The van der Waals surface area contributed by atoms with Crippen LogP contribution in [-0.2, 0) is 4.74 Å². The highest BCUT2D eigenvalue weighted by atomic mass is 19.1. The first-order valence-corrected chi connectivity index (χ1v) is 7.32. The van der Waals surface area contributed by atoms with Crippen LogP contribution in [0.2, 0.25) is 0 Å². The number of para-hydroxylation sites is 1. The number of hydrogen-bond acceptors (Lipinski definition) is 3. The zero-order valence-corrected chi connectivity index (χ0v) is 12.4. The molecule has 22 heavy (non-hydrogen) atoms. The maximum atomic E-state index is 13.8. The van der Waals surface area contributed by atoms with Crippen LogP contribution in [0.15, 0.2) is 30.5 Å². The van der Waals surface area contributed by atoms with Crippen LogP contribution >= 0.6 is 0 Å². The van der Waals surface area contributed by atoms with Crippen molar-refractivity contribution in [1.82, 2.24) is 15.1 Å². The van der Waals surface area contributed by atoms with Gasteiger partial charge in [0.15, 0.2) is 0 Å². The number of nitrogens with zero attached hydrogens (tertiary/aromatic N) is 2. The Hall–Kier alpha value is -2.21. The molecule has 6 heteroatoms. The van der Waals surface area contributed by atoms with E-state index in [0.717, 1.165) is 13.0 Å². The number of nitrogens with one attached hydrogen (secondary N) is 1. The van der Waals surface area contributed by atoms with Gasteiger partial charge in [-0.15, -0.1) is 0 Å². The molecule has 0 spiro atoms.